The zero-order valence-electron chi connectivity index (χ0n) is 13.5. The lowest BCUT2D eigenvalue weighted by molar-refractivity contribution is -0.222. The molecule has 0 aliphatic carbocycles. The fraction of sp³-hybridized carbons (Fsp3) is 0.333. The normalized spacial score (nSPS) is 17.1. The molecular weight excluding hydrogens is 338 g/mol. The number of carbonyl (C=O) groups is 2. The number of rotatable bonds is 3. The van der Waals surface area contributed by atoms with Crippen LogP contribution in [0.3, 0.4) is 0 Å². The van der Waals surface area contributed by atoms with E-state index in [1.807, 2.05) is 0 Å². The van der Waals surface area contributed by atoms with E-state index < -0.39 is 33.4 Å². The second-order valence-corrected chi connectivity index (χ2v) is 7.20. The van der Waals surface area contributed by atoms with Gasteiger partial charge < -0.3 is 14.8 Å². The van der Waals surface area contributed by atoms with Crippen LogP contribution in [0.2, 0.25) is 0 Å². The Hall–Kier alpha value is -2.39. The van der Waals surface area contributed by atoms with E-state index >= 15 is 0 Å². The van der Waals surface area contributed by atoms with Gasteiger partial charge in [-0.1, -0.05) is 6.07 Å². The highest BCUT2D eigenvalue weighted by molar-refractivity contribution is 7.86. The van der Waals surface area contributed by atoms with Crippen LogP contribution in [-0.4, -0.2) is 30.7 Å². The number of cyclic esters (lactones) is 2. The fourth-order valence-electron chi connectivity index (χ4n) is 2.24. The number of benzene rings is 1. The lowest BCUT2D eigenvalue weighted by Gasteiger charge is -2.29. The number of hydrogen-bond acceptors (Lipinski definition) is 7. The highest BCUT2D eigenvalue weighted by atomic mass is 32.2. The van der Waals surface area contributed by atoms with Crippen LogP contribution in [0, 0.1) is 13.8 Å². The molecule has 2 N–H and O–H groups in total. The standard InChI is InChI=1S/C15H17NO7S/c1-8-5-9(2)12(11(6-8)24(19,20)21)16-7-10-13(17)22-15(3,4)23-14(10)18/h5-7,16H,1-4H3,(H,19,20,21). The first-order chi connectivity index (χ1) is 10.9. The zero-order chi connectivity index (χ0) is 18.3. The maximum absolute atomic E-state index is 11.9. The molecule has 0 atom stereocenters. The molecule has 0 bridgehead atoms. The summed E-state index contributed by atoms with van der Waals surface area (Å²) in [5.74, 6) is -3.17. The highest BCUT2D eigenvalue weighted by Gasteiger charge is 2.39. The maximum atomic E-state index is 11.9. The summed E-state index contributed by atoms with van der Waals surface area (Å²) in [4.78, 5) is 23.4. The summed E-state index contributed by atoms with van der Waals surface area (Å²) in [7, 11) is -4.50. The number of aryl methyl sites for hydroxylation is 2. The third kappa shape index (κ3) is 3.74. The van der Waals surface area contributed by atoms with Crippen LogP contribution < -0.4 is 5.32 Å². The average molecular weight is 355 g/mol. The summed E-state index contributed by atoms with van der Waals surface area (Å²) in [6, 6.07) is 2.94. The molecule has 0 amide bonds. The molecule has 0 saturated carbocycles. The Morgan fingerprint density at radius 1 is 1.12 bits per heavy atom. The first-order valence-electron chi connectivity index (χ1n) is 6.93. The highest BCUT2D eigenvalue weighted by Crippen LogP contribution is 2.28. The van der Waals surface area contributed by atoms with Crippen molar-refractivity contribution in [2.24, 2.45) is 0 Å². The minimum Gasteiger partial charge on any atom is -0.419 e. The van der Waals surface area contributed by atoms with Crippen LogP contribution in [0.25, 0.3) is 0 Å². The molecule has 0 spiro atoms. The summed E-state index contributed by atoms with van der Waals surface area (Å²) in [5.41, 5.74) is 0.741. The summed E-state index contributed by atoms with van der Waals surface area (Å²) in [5, 5.41) is 2.57. The Kier molecular flexibility index (Phi) is 4.42. The molecule has 24 heavy (non-hydrogen) atoms. The Morgan fingerprint density at radius 3 is 2.17 bits per heavy atom. The van der Waals surface area contributed by atoms with Gasteiger partial charge in [0.1, 0.15) is 4.90 Å². The van der Waals surface area contributed by atoms with Crippen LogP contribution >= 0.6 is 0 Å². The molecular formula is C15H17NO7S. The van der Waals surface area contributed by atoms with Crippen molar-refractivity contribution in [3.63, 3.8) is 0 Å². The average Bonchev–Trinajstić information content (AvgIpc) is 2.36. The van der Waals surface area contributed by atoms with Gasteiger partial charge in [-0.2, -0.15) is 8.42 Å². The van der Waals surface area contributed by atoms with Gasteiger partial charge in [-0.3, -0.25) is 4.55 Å². The lowest BCUT2D eigenvalue weighted by Crippen LogP contribution is -2.42. The number of ether oxygens (including phenoxy) is 2. The summed E-state index contributed by atoms with van der Waals surface area (Å²) in [6.45, 7) is 6.10. The van der Waals surface area contributed by atoms with E-state index in [-0.39, 0.29) is 10.6 Å². The first-order valence-corrected chi connectivity index (χ1v) is 8.37. The van der Waals surface area contributed by atoms with E-state index in [1.54, 1.807) is 19.9 Å². The van der Waals surface area contributed by atoms with E-state index in [0.717, 1.165) is 6.20 Å². The quantitative estimate of drug-likeness (QED) is 0.364. The number of nitrogens with one attached hydrogen (secondary N) is 1. The molecule has 0 radical (unpaired) electrons. The Labute approximate surface area is 139 Å². The SMILES string of the molecule is Cc1cc(C)c(NC=C2C(=O)OC(C)(C)OC2=O)c(S(=O)(=O)O)c1. The molecule has 1 aromatic carbocycles. The van der Waals surface area contributed by atoms with Crippen molar-refractivity contribution in [3.8, 4) is 0 Å². The topological polar surface area (TPSA) is 119 Å². The lowest BCUT2D eigenvalue weighted by atomic mass is 10.1. The van der Waals surface area contributed by atoms with Crippen LogP contribution in [0.1, 0.15) is 25.0 Å². The number of hydrogen-bond donors (Lipinski definition) is 2. The van der Waals surface area contributed by atoms with Gasteiger partial charge in [0, 0.05) is 20.0 Å². The minimum absolute atomic E-state index is 0.0426. The van der Waals surface area contributed by atoms with Crippen molar-refractivity contribution in [2.75, 3.05) is 5.32 Å². The molecule has 1 aliphatic heterocycles. The van der Waals surface area contributed by atoms with E-state index in [0.29, 0.717) is 11.1 Å². The third-order valence-electron chi connectivity index (χ3n) is 3.20. The van der Waals surface area contributed by atoms with Gasteiger partial charge in [0.15, 0.2) is 5.57 Å². The third-order valence-corrected chi connectivity index (χ3v) is 4.08. The van der Waals surface area contributed by atoms with Gasteiger partial charge >= 0.3 is 11.9 Å². The molecule has 2 rings (SSSR count). The van der Waals surface area contributed by atoms with Crippen LogP contribution in [0.15, 0.2) is 28.8 Å². The van der Waals surface area contributed by atoms with Crippen LogP contribution in [-0.2, 0) is 29.2 Å². The van der Waals surface area contributed by atoms with Gasteiger partial charge in [-0.05, 0) is 31.0 Å². The van der Waals surface area contributed by atoms with Gasteiger partial charge in [0.25, 0.3) is 15.9 Å². The van der Waals surface area contributed by atoms with E-state index in [9.17, 15) is 22.6 Å². The Balaban J connectivity index is 2.43. The number of esters is 2. The summed E-state index contributed by atoms with van der Waals surface area (Å²) >= 11 is 0. The van der Waals surface area contributed by atoms with E-state index in [1.165, 1.54) is 19.9 Å². The minimum atomic E-state index is -4.50. The maximum Gasteiger partial charge on any atom is 0.350 e. The van der Waals surface area contributed by atoms with Gasteiger partial charge in [0.05, 0.1) is 5.69 Å². The molecule has 0 aromatic heterocycles. The summed E-state index contributed by atoms with van der Waals surface area (Å²) in [6.07, 6.45) is 0.992. The number of anilines is 1. The molecule has 9 heteroatoms. The Bertz CT molecular complexity index is 831. The van der Waals surface area contributed by atoms with Crippen molar-refractivity contribution in [1.29, 1.82) is 0 Å². The van der Waals surface area contributed by atoms with Crippen molar-refractivity contribution >= 4 is 27.7 Å². The van der Waals surface area contributed by atoms with Crippen LogP contribution in [0.5, 0.6) is 0 Å². The molecule has 8 nitrogen and oxygen atoms in total. The fourth-order valence-corrected chi connectivity index (χ4v) is 3.05. The Morgan fingerprint density at radius 2 is 1.67 bits per heavy atom. The van der Waals surface area contributed by atoms with Gasteiger partial charge in [-0.25, -0.2) is 9.59 Å². The molecule has 1 aromatic rings. The molecule has 1 saturated heterocycles. The second kappa shape index (κ2) is 5.91. The van der Waals surface area contributed by atoms with Gasteiger partial charge in [-0.15, -0.1) is 0 Å². The number of carbonyl (C=O) groups excluding carboxylic acids is 2. The zero-order valence-corrected chi connectivity index (χ0v) is 14.4. The summed E-state index contributed by atoms with van der Waals surface area (Å²) < 4.78 is 42.3. The monoisotopic (exact) mass is 355 g/mol. The van der Waals surface area contributed by atoms with Gasteiger partial charge in [0.2, 0.25) is 0 Å². The van der Waals surface area contributed by atoms with Crippen molar-refractivity contribution in [1.82, 2.24) is 0 Å². The predicted molar refractivity (Wildman–Crippen MR) is 83.7 cm³/mol. The van der Waals surface area contributed by atoms with Crippen molar-refractivity contribution in [3.05, 3.63) is 35.0 Å². The predicted octanol–water partition coefficient (Wildman–Crippen LogP) is 1.68. The van der Waals surface area contributed by atoms with Crippen molar-refractivity contribution in [2.45, 2.75) is 38.4 Å². The molecule has 0 unspecified atom stereocenters. The second-order valence-electron chi connectivity index (χ2n) is 5.81. The molecule has 1 aliphatic rings. The largest absolute Gasteiger partial charge is 0.419 e. The van der Waals surface area contributed by atoms with E-state index in [2.05, 4.69) is 5.32 Å². The first kappa shape index (κ1) is 18.0. The molecule has 1 heterocycles. The smallest absolute Gasteiger partial charge is 0.350 e. The molecule has 130 valence electrons. The van der Waals surface area contributed by atoms with E-state index in [4.69, 9.17) is 9.47 Å². The van der Waals surface area contributed by atoms with Crippen molar-refractivity contribution < 1.29 is 32.0 Å². The van der Waals surface area contributed by atoms with Crippen LogP contribution in [0.4, 0.5) is 5.69 Å². The molecule has 1 fully saturated rings.